The fraction of sp³-hybridized carbons (Fsp3) is 0.429. The first-order valence-electron chi connectivity index (χ1n) is 6.52. The van der Waals surface area contributed by atoms with Crippen molar-refractivity contribution in [3.05, 3.63) is 48.0 Å². The maximum absolute atomic E-state index is 4.25. The van der Waals surface area contributed by atoms with Gasteiger partial charge in [-0.1, -0.05) is 37.3 Å². The molecule has 0 radical (unpaired) electrons. The lowest BCUT2D eigenvalue weighted by Crippen LogP contribution is -2.23. The monoisotopic (exact) mass is 244 g/mol. The number of rotatable bonds is 7. The van der Waals surface area contributed by atoms with Crippen molar-refractivity contribution in [1.29, 1.82) is 0 Å². The summed E-state index contributed by atoms with van der Waals surface area (Å²) in [5.41, 5.74) is 1.36. The highest BCUT2D eigenvalue weighted by Gasteiger charge is 2.13. The van der Waals surface area contributed by atoms with Crippen LogP contribution in [0.15, 0.2) is 36.7 Å². The number of benzene rings is 1. The van der Waals surface area contributed by atoms with Crippen molar-refractivity contribution in [1.82, 2.24) is 20.5 Å². The normalized spacial score (nSPS) is 12.5. The van der Waals surface area contributed by atoms with E-state index >= 15 is 0 Å². The highest BCUT2D eigenvalue weighted by Crippen LogP contribution is 2.15. The van der Waals surface area contributed by atoms with E-state index in [1.165, 1.54) is 5.56 Å². The molecule has 0 aliphatic carbocycles. The fourth-order valence-corrected chi connectivity index (χ4v) is 1.99. The molecule has 18 heavy (non-hydrogen) atoms. The summed E-state index contributed by atoms with van der Waals surface area (Å²) in [4.78, 5) is 4.25. The van der Waals surface area contributed by atoms with Crippen molar-refractivity contribution < 1.29 is 0 Å². The molecule has 1 aromatic heterocycles. The second-order valence-corrected chi connectivity index (χ2v) is 4.40. The van der Waals surface area contributed by atoms with Gasteiger partial charge in [-0.2, -0.15) is 5.10 Å². The molecule has 0 bridgehead atoms. The molecule has 0 fully saturated rings. The molecule has 96 valence electrons. The molecule has 1 unspecified atom stereocenters. The van der Waals surface area contributed by atoms with Crippen molar-refractivity contribution >= 4 is 0 Å². The highest BCUT2D eigenvalue weighted by atomic mass is 15.2. The summed E-state index contributed by atoms with van der Waals surface area (Å²) >= 11 is 0. The molecule has 0 amide bonds. The van der Waals surface area contributed by atoms with Crippen LogP contribution in [0.25, 0.3) is 0 Å². The van der Waals surface area contributed by atoms with Crippen LogP contribution in [-0.2, 0) is 6.42 Å². The minimum Gasteiger partial charge on any atom is -0.307 e. The third kappa shape index (κ3) is 3.67. The average molecular weight is 244 g/mol. The van der Waals surface area contributed by atoms with Crippen molar-refractivity contribution in [2.75, 3.05) is 6.54 Å². The van der Waals surface area contributed by atoms with E-state index < -0.39 is 0 Å². The van der Waals surface area contributed by atoms with E-state index in [1.54, 1.807) is 6.33 Å². The molecule has 0 saturated carbocycles. The van der Waals surface area contributed by atoms with Crippen LogP contribution in [0.3, 0.4) is 0 Å². The van der Waals surface area contributed by atoms with E-state index in [9.17, 15) is 0 Å². The molecule has 1 atom stereocenters. The number of hydrogen-bond acceptors (Lipinski definition) is 3. The van der Waals surface area contributed by atoms with Gasteiger partial charge in [0.1, 0.15) is 12.2 Å². The standard InChI is InChI=1S/C14H20N4/c1-2-10-15-13(14-16-11-17-18-14)9-8-12-6-4-3-5-7-12/h3-7,11,13,15H,2,8-10H2,1H3,(H,16,17,18). The van der Waals surface area contributed by atoms with Crippen molar-refractivity contribution in [2.24, 2.45) is 0 Å². The molecular weight excluding hydrogens is 224 g/mol. The molecule has 0 saturated heterocycles. The van der Waals surface area contributed by atoms with E-state index in [-0.39, 0.29) is 6.04 Å². The third-order valence-electron chi connectivity index (χ3n) is 2.97. The van der Waals surface area contributed by atoms with Gasteiger partial charge in [-0.3, -0.25) is 5.10 Å². The van der Waals surface area contributed by atoms with Crippen LogP contribution in [0.5, 0.6) is 0 Å². The smallest absolute Gasteiger partial charge is 0.141 e. The summed E-state index contributed by atoms with van der Waals surface area (Å²) in [5.74, 6) is 0.930. The summed E-state index contributed by atoms with van der Waals surface area (Å²) in [7, 11) is 0. The third-order valence-corrected chi connectivity index (χ3v) is 2.97. The summed E-state index contributed by atoms with van der Waals surface area (Å²) in [6.07, 6.45) is 4.76. The molecule has 4 nitrogen and oxygen atoms in total. The first-order valence-corrected chi connectivity index (χ1v) is 6.52. The zero-order valence-corrected chi connectivity index (χ0v) is 10.8. The number of nitrogens with one attached hydrogen (secondary N) is 2. The number of hydrogen-bond donors (Lipinski definition) is 2. The molecule has 2 aromatic rings. The van der Waals surface area contributed by atoms with Crippen molar-refractivity contribution in [2.45, 2.75) is 32.2 Å². The van der Waals surface area contributed by atoms with Gasteiger partial charge in [0.15, 0.2) is 0 Å². The zero-order valence-electron chi connectivity index (χ0n) is 10.8. The number of nitrogens with zero attached hydrogens (tertiary/aromatic N) is 2. The first kappa shape index (κ1) is 12.8. The molecule has 2 rings (SSSR count). The molecule has 4 heteroatoms. The highest BCUT2D eigenvalue weighted by molar-refractivity contribution is 5.15. The van der Waals surface area contributed by atoms with Crippen LogP contribution < -0.4 is 5.32 Å². The van der Waals surface area contributed by atoms with Gasteiger partial charge in [0.2, 0.25) is 0 Å². The Bertz CT molecular complexity index is 424. The second kappa shape index (κ2) is 6.91. The SMILES string of the molecule is CCCNC(CCc1ccccc1)c1ncn[nH]1. The Balaban J connectivity index is 1.93. The Morgan fingerprint density at radius 1 is 1.28 bits per heavy atom. The Morgan fingerprint density at radius 3 is 2.78 bits per heavy atom. The van der Waals surface area contributed by atoms with E-state index in [0.29, 0.717) is 0 Å². The van der Waals surface area contributed by atoms with Crippen LogP contribution in [-0.4, -0.2) is 21.7 Å². The Morgan fingerprint density at radius 2 is 2.11 bits per heavy atom. The Kier molecular flexibility index (Phi) is 4.90. The largest absolute Gasteiger partial charge is 0.307 e. The number of aromatic nitrogens is 3. The molecule has 1 aromatic carbocycles. The first-order chi connectivity index (χ1) is 8.90. The minimum absolute atomic E-state index is 0.257. The van der Waals surface area contributed by atoms with Crippen molar-refractivity contribution in [3.8, 4) is 0 Å². The lowest BCUT2D eigenvalue weighted by Gasteiger charge is -2.15. The molecule has 0 aliphatic heterocycles. The van der Waals surface area contributed by atoms with Gasteiger partial charge in [-0.25, -0.2) is 4.98 Å². The summed E-state index contributed by atoms with van der Waals surface area (Å²) in [5, 5.41) is 10.4. The maximum atomic E-state index is 4.25. The Labute approximate surface area is 108 Å². The summed E-state index contributed by atoms with van der Waals surface area (Å²) < 4.78 is 0. The second-order valence-electron chi connectivity index (χ2n) is 4.40. The lowest BCUT2D eigenvalue weighted by atomic mass is 10.0. The lowest BCUT2D eigenvalue weighted by molar-refractivity contribution is 0.478. The van der Waals surface area contributed by atoms with Crippen LogP contribution in [0.2, 0.25) is 0 Å². The quantitative estimate of drug-likeness (QED) is 0.786. The van der Waals surface area contributed by atoms with E-state index in [1.807, 2.05) is 6.07 Å². The molecule has 0 spiro atoms. The predicted octanol–water partition coefficient (Wildman–Crippen LogP) is 2.48. The van der Waals surface area contributed by atoms with Gasteiger partial charge in [0.05, 0.1) is 6.04 Å². The molecule has 0 aliphatic rings. The molecular formula is C14H20N4. The van der Waals surface area contributed by atoms with Crippen LogP contribution in [0.1, 0.15) is 37.2 Å². The number of aryl methyl sites for hydroxylation is 1. The predicted molar refractivity (Wildman–Crippen MR) is 72.2 cm³/mol. The van der Waals surface area contributed by atoms with E-state index in [0.717, 1.165) is 31.6 Å². The zero-order chi connectivity index (χ0) is 12.6. The van der Waals surface area contributed by atoms with Crippen LogP contribution in [0, 0.1) is 0 Å². The van der Waals surface area contributed by atoms with Gasteiger partial charge >= 0.3 is 0 Å². The van der Waals surface area contributed by atoms with Crippen LogP contribution in [0.4, 0.5) is 0 Å². The van der Waals surface area contributed by atoms with E-state index in [4.69, 9.17) is 0 Å². The number of H-pyrrole nitrogens is 1. The minimum atomic E-state index is 0.257. The number of aromatic amines is 1. The fourth-order valence-electron chi connectivity index (χ4n) is 1.99. The summed E-state index contributed by atoms with van der Waals surface area (Å²) in [6.45, 7) is 3.17. The van der Waals surface area contributed by atoms with Gasteiger partial charge in [0, 0.05) is 0 Å². The average Bonchev–Trinajstić information content (AvgIpc) is 2.94. The van der Waals surface area contributed by atoms with Gasteiger partial charge in [-0.15, -0.1) is 0 Å². The van der Waals surface area contributed by atoms with Crippen molar-refractivity contribution in [3.63, 3.8) is 0 Å². The topological polar surface area (TPSA) is 53.6 Å². The Hall–Kier alpha value is -1.68. The summed E-state index contributed by atoms with van der Waals surface area (Å²) in [6, 6.07) is 10.8. The van der Waals surface area contributed by atoms with Gasteiger partial charge in [-0.05, 0) is 31.4 Å². The van der Waals surface area contributed by atoms with Crippen LogP contribution >= 0.6 is 0 Å². The van der Waals surface area contributed by atoms with Gasteiger partial charge < -0.3 is 5.32 Å². The molecule has 1 heterocycles. The molecule has 2 N–H and O–H groups in total. The maximum Gasteiger partial charge on any atom is 0.141 e. The van der Waals surface area contributed by atoms with E-state index in [2.05, 4.69) is 51.7 Å². The van der Waals surface area contributed by atoms with Gasteiger partial charge in [0.25, 0.3) is 0 Å².